The van der Waals surface area contributed by atoms with Crippen molar-refractivity contribution in [3.63, 3.8) is 0 Å². The maximum atomic E-state index is 12.2. The number of hydrogen-bond acceptors (Lipinski definition) is 6. The summed E-state index contributed by atoms with van der Waals surface area (Å²) in [5, 5.41) is 9.39. The summed E-state index contributed by atoms with van der Waals surface area (Å²) in [6.07, 6.45) is 2.73. The molecule has 0 saturated carbocycles. The minimum atomic E-state index is 0.140. The summed E-state index contributed by atoms with van der Waals surface area (Å²) < 4.78 is 12.8. The molecule has 1 aliphatic rings. The summed E-state index contributed by atoms with van der Waals surface area (Å²) in [5.41, 5.74) is 0.898. The van der Waals surface area contributed by atoms with Gasteiger partial charge in [-0.05, 0) is 30.7 Å². The number of aromatic nitrogens is 3. The lowest BCUT2D eigenvalue weighted by Crippen LogP contribution is -2.43. The first-order chi connectivity index (χ1) is 13.2. The number of amides is 1. The van der Waals surface area contributed by atoms with Gasteiger partial charge in [0.1, 0.15) is 11.5 Å². The zero-order chi connectivity index (χ0) is 18.6. The Bertz CT molecular complexity index is 919. The number of rotatable bonds is 7. The molecule has 1 aromatic carbocycles. The molecule has 0 atom stereocenters. The molecule has 0 bridgehead atoms. The number of thioether (sulfide) groups is 1. The van der Waals surface area contributed by atoms with Gasteiger partial charge in [0.25, 0.3) is 0 Å². The van der Waals surface area contributed by atoms with Crippen molar-refractivity contribution < 1.29 is 13.9 Å². The van der Waals surface area contributed by atoms with Crippen molar-refractivity contribution in [1.82, 2.24) is 19.7 Å². The minimum absolute atomic E-state index is 0.140. The van der Waals surface area contributed by atoms with Crippen LogP contribution < -0.4 is 4.74 Å². The van der Waals surface area contributed by atoms with E-state index in [0.29, 0.717) is 23.3 Å². The van der Waals surface area contributed by atoms with Gasteiger partial charge in [-0.15, -0.1) is 10.2 Å². The third-order valence-electron chi connectivity index (χ3n) is 4.47. The van der Waals surface area contributed by atoms with E-state index in [-0.39, 0.29) is 5.91 Å². The molecule has 7 nitrogen and oxygen atoms in total. The molecule has 0 spiro atoms. The van der Waals surface area contributed by atoms with Gasteiger partial charge in [-0.25, -0.2) is 0 Å². The molecular weight excluding hydrogens is 364 g/mol. The number of carbonyl (C=O) groups is 1. The summed E-state index contributed by atoms with van der Waals surface area (Å²) >= 11 is 1.41. The van der Waals surface area contributed by atoms with Crippen LogP contribution in [-0.4, -0.2) is 51.5 Å². The van der Waals surface area contributed by atoms with E-state index >= 15 is 0 Å². The lowest BCUT2D eigenvalue weighted by Gasteiger charge is -2.30. The van der Waals surface area contributed by atoms with E-state index in [1.54, 1.807) is 13.4 Å². The topological polar surface area (TPSA) is 73.4 Å². The molecule has 4 rings (SSSR count). The number of likely N-dealkylation sites (tertiary alicyclic amines) is 1. The Morgan fingerprint density at radius 3 is 2.85 bits per heavy atom. The summed E-state index contributed by atoms with van der Waals surface area (Å²) in [7, 11) is 1.63. The number of hydrogen-bond donors (Lipinski definition) is 0. The fraction of sp³-hybridized carbons (Fsp3) is 0.316. The predicted molar refractivity (Wildman–Crippen MR) is 102 cm³/mol. The van der Waals surface area contributed by atoms with E-state index in [1.165, 1.54) is 11.8 Å². The molecule has 0 unspecified atom stereocenters. The first-order valence-electron chi connectivity index (χ1n) is 8.75. The van der Waals surface area contributed by atoms with Gasteiger partial charge >= 0.3 is 0 Å². The van der Waals surface area contributed by atoms with Crippen LogP contribution in [0.1, 0.15) is 12.2 Å². The first-order valence-corrected chi connectivity index (χ1v) is 9.74. The van der Waals surface area contributed by atoms with Crippen LogP contribution in [-0.2, 0) is 11.3 Å². The summed E-state index contributed by atoms with van der Waals surface area (Å²) in [6, 6.07) is 11.5. The highest BCUT2D eigenvalue weighted by Gasteiger charge is 2.22. The van der Waals surface area contributed by atoms with Gasteiger partial charge in [0.2, 0.25) is 5.91 Å². The van der Waals surface area contributed by atoms with Crippen LogP contribution >= 0.6 is 11.8 Å². The SMILES string of the molecule is COc1cccc(-c2nnc(SCC(=O)N3CCC3)n2Cc2ccco2)c1. The van der Waals surface area contributed by atoms with Gasteiger partial charge in [-0.1, -0.05) is 23.9 Å². The number of carbonyl (C=O) groups excluding carboxylic acids is 1. The third kappa shape index (κ3) is 3.85. The fourth-order valence-electron chi connectivity index (χ4n) is 2.86. The summed E-state index contributed by atoms with van der Waals surface area (Å²) in [5.74, 6) is 2.76. The Labute approximate surface area is 161 Å². The van der Waals surface area contributed by atoms with Crippen LogP contribution in [0.15, 0.2) is 52.2 Å². The van der Waals surface area contributed by atoms with Crippen molar-refractivity contribution in [2.45, 2.75) is 18.1 Å². The van der Waals surface area contributed by atoms with Gasteiger partial charge in [0.05, 0.1) is 25.7 Å². The molecule has 0 N–H and O–H groups in total. The molecule has 0 aliphatic carbocycles. The van der Waals surface area contributed by atoms with Crippen LogP contribution in [0.25, 0.3) is 11.4 Å². The molecule has 8 heteroatoms. The maximum Gasteiger partial charge on any atom is 0.233 e. The molecular formula is C19H20N4O3S. The average Bonchev–Trinajstić information content (AvgIpc) is 3.29. The maximum absolute atomic E-state index is 12.2. The minimum Gasteiger partial charge on any atom is -0.497 e. The molecule has 1 fully saturated rings. The van der Waals surface area contributed by atoms with Crippen molar-refractivity contribution in [2.75, 3.05) is 26.0 Å². The van der Waals surface area contributed by atoms with Crippen LogP contribution in [0.4, 0.5) is 0 Å². The number of ether oxygens (including phenoxy) is 1. The molecule has 0 radical (unpaired) electrons. The molecule has 1 saturated heterocycles. The number of methoxy groups -OCH3 is 1. The van der Waals surface area contributed by atoms with Crippen molar-refractivity contribution in [2.24, 2.45) is 0 Å². The van der Waals surface area contributed by atoms with E-state index in [4.69, 9.17) is 9.15 Å². The zero-order valence-electron chi connectivity index (χ0n) is 15.0. The van der Waals surface area contributed by atoms with Crippen molar-refractivity contribution in [1.29, 1.82) is 0 Å². The molecule has 1 amide bonds. The van der Waals surface area contributed by atoms with Crippen LogP contribution in [0.5, 0.6) is 5.75 Å². The Morgan fingerprint density at radius 2 is 2.15 bits per heavy atom. The lowest BCUT2D eigenvalue weighted by atomic mass is 10.2. The second-order valence-corrected chi connectivity index (χ2v) is 7.17. The summed E-state index contributed by atoms with van der Waals surface area (Å²) in [4.78, 5) is 14.1. The highest BCUT2D eigenvalue weighted by atomic mass is 32.2. The quantitative estimate of drug-likeness (QED) is 0.583. The Balaban J connectivity index is 1.61. The van der Waals surface area contributed by atoms with Gasteiger partial charge in [0, 0.05) is 18.7 Å². The van der Waals surface area contributed by atoms with E-state index in [1.807, 2.05) is 45.9 Å². The zero-order valence-corrected chi connectivity index (χ0v) is 15.8. The Morgan fingerprint density at radius 1 is 1.26 bits per heavy atom. The normalized spacial score (nSPS) is 13.4. The van der Waals surface area contributed by atoms with Crippen molar-refractivity contribution >= 4 is 17.7 Å². The Hall–Kier alpha value is -2.74. The van der Waals surface area contributed by atoms with Crippen LogP contribution in [0, 0.1) is 0 Å². The van der Waals surface area contributed by atoms with Crippen molar-refractivity contribution in [3.8, 4) is 17.1 Å². The van der Waals surface area contributed by atoms with Gasteiger partial charge in [-0.2, -0.15) is 0 Å². The lowest BCUT2D eigenvalue weighted by molar-refractivity contribution is -0.131. The molecule has 140 valence electrons. The standard InChI is InChI=1S/C19H20N4O3S/c1-25-15-6-2-5-14(11-15)18-20-21-19(23(18)12-16-7-3-10-26-16)27-13-17(24)22-8-4-9-22/h2-3,5-7,10-11H,4,8-9,12-13H2,1H3. The summed E-state index contributed by atoms with van der Waals surface area (Å²) in [6.45, 7) is 2.20. The van der Waals surface area contributed by atoms with Crippen LogP contribution in [0.3, 0.4) is 0 Å². The predicted octanol–water partition coefficient (Wildman–Crippen LogP) is 2.92. The largest absolute Gasteiger partial charge is 0.497 e. The fourth-order valence-corrected chi connectivity index (χ4v) is 3.70. The van der Waals surface area contributed by atoms with E-state index < -0.39 is 0 Å². The number of furan rings is 1. The molecule has 3 heterocycles. The Kier molecular flexibility index (Phi) is 5.15. The molecule has 2 aromatic heterocycles. The average molecular weight is 384 g/mol. The molecule has 27 heavy (non-hydrogen) atoms. The number of benzene rings is 1. The second-order valence-electron chi connectivity index (χ2n) is 6.23. The van der Waals surface area contributed by atoms with E-state index in [9.17, 15) is 4.79 Å². The highest BCUT2D eigenvalue weighted by molar-refractivity contribution is 7.99. The van der Waals surface area contributed by atoms with Gasteiger partial charge in [0.15, 0.2) is 11.0 Å². The smallest absolute Gasteiger partial charge is 0.233 e. The van der Waals surface area contributed by atoms with Gasteiger partial charge < -0.3 is 14.1 Å². The van der Waals surface area contributed by atoms with Crippen molar-refractivity contribution in [3.05, 3.63) is 48.4 Å². The first kappa shape index (κ1) is 17.7. The highest BCUT2D eigenvalue weighted by Crippen LogP contribution is 2.28. The number of nitrogens with zero attached hydrogens (tertiary/aromatic N) is 4. The molecule has 1 aliphatic heterocycles. The third-order valence-corrected chi connectivity index (χ3v) is 5.42. The van der Waals surface area contributed by atoms with E-state index in [0.717, 1.165) is 36.6 Å². The molecule has 3 aromatic rings. The monoisotopic (exact) mass is 384 g/mol. The second kappa shape index (κ2) is 7.87. The van der Waals surface area contributed by atoms with Crippen LogP contribution in [0.2, 0.25) is 0 Å². The van der Waals surface area contributed by atoms with Gasteiger partial charge in [-0.3, -0.25) is 9.36 Å². The van der Waals surface area contributed by atoms with E-state index in [2.05, 4.69) is 10.2 Å².